The SMILES string of the molecule is CCOC(=O)C(O)CC#N.[Na]. The van der Waals surface area contributed by atoms with Crippen LogP contribution in [0, 0.1) is 11.3 Å². The summed E-state index contributed by atoms with van der Waals surface area (Å²) in [6, 6.07) is 1.66. The molecule has 0 aliphatic carbocycles. The molecule has 0 aromatic carbocycles. The summed E-state index contributed by atoms with van der Waals surface area (Å²) in [5.74, 6) is -0.732. The zero-order chi connectivity index (χ0) is 7.98. The first-order valence-electron chi connectivity index (χ1n) is 2.94. The second-order valence-electron chi connectivity index (χ2n) is 1.63. The van der Waals surface area contributed by atoms with Gasteiger partial charge in [0.25, 0.3) is 0 Å². The Morgan fingerprint density at radius 3 is 2.73 bits per heavy atom. The van der Waals surface area contributed by atoms with E-state index >= 15 is 0 Å². The van der Waals surface area contributed by atoms with Gasteiger partial charge in [0.15, 0.2) is 6.10 Å². The summed E-state index contributed by atoms with van der Waals surface area (Å²) in [4.78, 5) is 10.5. The minimum atomic E-state index is -1.29. The molecule has 0 spiro atoms. The van der Waals surface area contributed by atoms with Gasteiger partial charge in [-0.25, -0.2) is 4.79 Å². The molecule has 4 nitrogen and oxygen atoms in total. The Kier molecular flexibility index (Phi) is 9.85. The normalized spacial score (nSPS) is 10.6. The van der Waals surface area contributed by atoms with Crippen LogP contribution in [0.3, 0.4) is 0 Å². The van der Waals surface area contributed by atoms with Crippen molar-refractivity contribution in [2.75, 3.05) is 6.61 Å². The van der Waals surface area contributed by atoms with Gasteiger partial charge in [-0.1, -0.05) is 0 Å². The fourth-order valence-corrected chi connectivity index (χ4v) is 0.408. The van der Waals surface area contributed by atoms with Crippen molar-refractivity contribution in [3.8, 4) is 6.07 Å². The van der Waals surface area contributed by atoms with Gasteiger partial charge < -0.3 is 9.84 Å². The molecule has 0 saturated carbocycles. The van der Waals surface area contributed by atoms with Crippen molar-refractivity contribution < 1.29 is 14.6 Å². The molecule has 1 radical (unpaired) electrons. The summed E-state index contributed by atoms with van der Waals surface area (Å²) in [6.45, 7) is 1.86. The number of hydrogen-bond acceptors (Lipinski definition) is 4. The fourth-order valence-electron chi connectivity index (χ4n) is 0.408. The number of aliphatic hydroxyl groups is 1. The van der Waals surface area contributed by atoms with Crippen molar-refractivity contribution in [2.45, 2.75) is 19.4 Å². The van der Waals surface area contributed by atoms with E-state index in [0.717, 1.165) is 0 Å². The largest absolute Gasteiger partial charge is 0.464 e. The average Bonchev–Trinajstić information content (AvgIpc) is 1.89. The summed E-state index contributed by atoms with van der Waals surface area (Å²) >= 11 is 0. The third-order valence-electron chi connectivity index (χ3n) is 0.843. The monoisotopic (exact) mass is 166 g/mol. The van der Waals surface area contributed by atoms with Crippen molar-refractivity contribution in [2.24, 2.45) is 0 Å². The van der Waals surface area contributed by atoms with Crippen LogP contribution in [0.2, 0.25) is 0 Å². The van der Waals surface area contributed by atoms with E-state index in [1.54, 1.807) is 13.0 Å². The van der Waals surface area contributed by atoms with Crippen molar-refractivity contribution in [3.63, 3.8) is 0 Å². The van der Waals surface area contributed by atoms with Crippen LogP contribution in [0.15, 0.2) is 0 Å². The van der Waals surface area contributed by atoms with Gasteiger partial charge in [0, 0.05) is 29.6 Å². The molecule has 0 bridgehead atoms. The Hall–Kier alpha value is -0.0800. The van der Waals surface area contributed by atoms with Crippen LogP contribution in [0.25, 0.3) is 0 Å². The maximum atomic E-state index is 10.5. The first-order chi connectivity index (χ1) is 4.72. The number of esters is 1. The molecule has 5 heteroatoms. The quantitative estimate of drug-likeness (QED) is 0.450. The Balaban J connectivity index is 0. The predicted molar refractivity (Wildman–Crippen MR) is 38.6 cm³/mol. The summed E-state index contributed by atoms with van der Waals surface area (Å²) in [5, 5.41) is 16.8. The van der Waals surface area contributed by atoms with Crippen LogP contribution in [-0.2, 0) is 9.53 Å². The number of ether oxygens (including phenoxy) is 1. The zero-order valence-electron chi connectivity index (χ0n) is 6.70. The van der Waals surface area contributed by atoms with Crippen LogP contribution in [-0.4, -0.2) is 53.3 Å². The molecule has 1 N–H and O–H groups in total. The van der Waals surface area contributed by atoms with Gasteiger partial charge in [0.05, 0.1) is 19.1 Å². The van der Waals surface area contributed by atoms with E-state index in [1.807, 2.05) is 0 Å². The molecule has 0 rings (SSSR count). The van der Waals surface area contributed by atoms with Gasteiger partial charge in [0.2, 0.25) is 0 Å². The summed E-state index contributed by atoms with van der Waals surface area (Å²) in [7, 11) is 0. The maximum absolute atomic E-state index is 10.5. The van der Waals surface area contributed by atoms with E-state index in [0.29, 0.717) is 0 Å². The van der Waals surface area contributed by atoms with Gasteiger partial charge in [-0.2, -0.15) is 5.26 Å². The molecule has 1 unspecified atom stereocenters. The first kappa shape index (κ1) is 13.5. The Morgan fingerprint density at radius 2 is 2.36 bits per heavy atom. The fraction of sp³-hybridized carbons (Fsp3) is 0.667. The van der Waals surface area contributed by atoms with Crippen molar-refractivity contribution in [1.82, 2.24) is 0 Å². The third kappa shape index (κ3) is 6.32. The molecule has 0 aromatic rings. The van der Waals surface area contributed by atoms with Crippen LogP contribution in [0.5, 0.6) is 0 Å². The Labute approximate surface area is 87.4 Å². The van der Waals surface area contributed by atoms with Crippen LogP contribution >= 0.6 is 0 Å². The number of nitriles is 1. The number of carbonyl (C=O) groups excluding carboxylic acids is 1. The smallest absolute Gasteiger partial charge is 0.336 e. The molecule has 11 heavy (non-hydrogen) atoms. The topological polar surface area (TPSA) is 70.3 Å². The predicted octanol–water partition coefficient (Wildman–Crippen LogP) is -0.557. The molecule has 0 aliphatic heterocycles. The standard InChI is InChI=1S/C6H9NO3.Na/c1-2-10-6(9)5(8)3-4-7;/h5,8H,2-3H2,1H3;. The zero-order valence-corrected chi connectivity index (χ0v) is 8.70. The van der Waals surface area contributed by atoms with Crippen LogP contribution in [0.1, 0.15) is 13.3 Å². The van der Waals surface area contributed by atoms with E-state index in [2.05, 4.69) is 4.74 Å². The minimum Gasteiger partial charge on any atom is -0.464 e. The second kappa shape index (κ2) is 8.02. The van der Waals surface area contributed by atoms with Gasteiger partial charge in [-0.3, -0.25) is 0 Å². The maximum Gasteiger partial charge on any atom is 0.336 e. The minimum absolute atomic E-state index is 0. The van der Waals surface area contributed by atoms with Crippen LogP contribution in [0.4, 0.5) is 0 Å². The molecule has 0 aliphatic rings. The molecular formula is C6H9NNaO3. The number of hydrogen-bond donors (Lipinski definition) is 1. The van der Waals surface area contributed by atoms with Gasteiger partial charge in [0.1, 0.15) is 0 Å². The van der Waals surface area contributed by atoms with Gasteiger partial charge >= 0.3 is 5.97 Å². The molecule has 0 heterocycles. The van der Waals surface area contributed by atoms with E-state index in [4.69, 9.17) is 10.4 Å². The molecule has 1 atom stereocenters. The molecule has 0 saturated heterocycles. The van der Waals surface area contributed by atoms with E-state index in [9.17, 15) is 4.79 Å². The van der Waals surface area contributed by atoms with Crippen molar-refractivity contribution in [3.05, 3.63) is 0 Å². The molecule has 0 fully saturated rings. The first-order valence-corrected chi connectivity index (χ1v) is 2.94. The summed E-state index contributed by atoms with van der Waals surface area (Å²) in [5.41, 5.74) is 0. The summed E-state index contributed by atoms with van der Waals surface area (Å²) in [6.07, 6.45) is -1.50. The van der Waals surface area contributed by atoms with Gasteiger partial charge in [-0.05, 0) is 6.92 Å². The number of carbonyl (C=O) groups is 1. The van der Waals surface area contributed by atoms with Crippen molar-refractivity contribution in [1.29, 1.82) is 5.26 Å². The van der Waals surface area contributed by atoms with Gasteiger partial charge in [-0.15, -0.1) is 0 Å². The molecule has 0 amide bonds. The third-order valence-corrected chi connectivity index (χ3v) is 0.843. The molecule has 0 aromatic heterocycles. The van der Waals surface area contributed by atoms with E-state index in [1.165, 1.54) is 0 Å². The van der Waals surface area contributed by atoms with E-state index in [-0.39, 0.29) is 42.6 Å². The summed E-state index contributed by atoms with van der Waals surface area (Å²) < 4.78 is 4.42. The average molecular weight is 166 g/mol. The number of rotatable bonds is 3. The van der Waals surface area contributed by atoms with Crippen molar-refractivity contribution >= 4 is 35.5 Å². The molecule has 57 valence electrons. The Bertz CT molecular complexity index is 154. The second-order valence-corrected chi connectivity index (χ2v) is 1.63. The van der Waals surface area contributed by atoms with E-state index < -0.39 is 12.1 Å². The number of aliphatic hydroxyl groups excluding tert-OH is 1. The molecular weight excluding hydrogens is 157 g/mol. The van der Waals surface area contributed by atoms with Crippen LogP contribution < -0.4 is 0 Å². The number of nitrogens with zero attached hydrogens (tertiary/aromatic N) is 1. The Morgan fingerprint density at radius 1 is 1.82 bits per heavy atom.